The second kappa shape index (κ2) is 10.1. The maximum atomic E-state index is 12.0. The Labute approximate surface area is 200 Å². The number of fused-ring (bicyclic) bond motifs is 1. The lowest BCUT2D eigenvalue weighted by Gasteiger charge is -2.24. The third-order valence-corrected chi connectivity index (χ3v) is 6.59. The minimum atomic E-state index is -1.61. The van der Waals surface area contributed by atoms with Crippen molar-refractivity contribution in [2.75, 3.05) is 19.0 Å². The molecule has 1 aliphatic rings. The number of hydrogen-bond donors (Lipinski definition) is 2. The van der Waals surface area contributed by atoms with Gasteiger partial charge in [-0.1, -0.05) is 48.5 Å². The fourth-order valence-electron chi connectivity index (χ4n) is 3.37. The number of carbonyl (C=O) groups is 3. The number of para-hydroxylation sites is 2. The van der Waals surface area contributed by atoms with E-state index in [9.17, 15) is 19.5 Å². The van der Waals surface area contributed by atoms with Crippen LogP contribution in [-0.2, 0) is 9.59 Å². The van der Waals surface area contributed by atoms with Gasteiger partial charge in [-0.2, -0.15) is 0 Å². The molecule has 8 heteroatoms. The van der Waals surface area contributed by atoms with Crippen LogP contribution in [0, 0.1) is 0 Å². The van der Waals surface area contributed by atoms with Crippen LogP contribution in [0.15, 0.2) is 77.7 Å². The van der Waals surface area contributed by atoms with E-state index in [2.05, 4.69) is 0 Å². The number of rotatable bonds is 8. The van der Waals surface area contributed by atoms with E-state index < -0.39 is 29.6 Å². The van der Waals surface area contributed by atoms with Crippen molar-refractivity contribution in [3.63, 3.8) is 0 Å². The molecule has 0 aliphatic carbocycles. The van der Waals surface area contributed by atoms with E-state index in [1.165, 1.54) is 11.8 Å². The number of benzene rings is 3. The van der Waals surface area contributed by atoms with Crippen LogP contribution in [0.5, 0.6) is 11.5 Å². The van der Waals surface area contributed by atoms with Gasteiger partial charge in [0.15, 0.2) is 17.3 Å². The predicted octanol–water partition coefficient (Wildman–Crippen LogP) is 3.87. The smallest absolute Gasteiger partial charge is 0.372 e. The summed E-state index contributed by atoms with van der Waals surface area (Å²) >= 11 is 1.50. The Balaban J connectivity index is 1.35. The third kappa shape index (κ3) is 5.65. The Morgan fingerprint density at radius 1 is 0.824 bits per heavy atom. The molecule has 34 heavy (non-hydrogen) atoms. The molecule has 1 heterocycles. The first-order chi connectivity index (χ1) is 16.3. The van der Waals surface area contributed by atoms with Crippen molar-refractivity contribution in [1.82, 2.24) is 0 Å². The highest BCUT2D eigenvalue weighted by Gasteiger charge is 2.32. The van der Waals surface area contributed by atoms with E-state index in [0.717, 1.165) is 16.0 Å². The molecule has 0 fully saturated rings. The molecule has 0 bridgehead atoms. The first-order valence-corrected chi connectivity index (χ1v) is 11.5. The quantitative estimate of drug-likeness (QED) is 0.217. The zero-order chi connectivity index (χ0) is 24.1. The first-order valence-electron chi connectivity index (χ1n) is 10.5. The zero-order valence-corrected chi connectivity index (χ0v) is 18.9. The lowest BCUT2D eigenvalue weighted by molar-refractivity contribution is -0.148. The van der Waals surface area contributed by atoms with Crippen LogP contribution in [0.1, 0.15) is 16.8 Å². The molecule has 0 saturated carbocycles. The zero-order valence-electron chi connectivity index (χ0n) is 18.1. The minimum absolute atomic E-state index is 0.137. The van der Waals surface area contributed by atoms with Gasteiger partial charge in [0.2, 0.25) is 5.78 Å². The molecule has 0 unspecified atom stereocenters. The van der Waals surface area contributed by atoms with Crippen molar-refractivity contribution < 1.29 is 34.1 Å². The average molecular weight is 479 g/mol. The van der Waals surface area contributed by atoms with Gasteiger partial charge in [0, 0.05) is 16.2 Å². The minimum Gasteiger partial charge on any atom is -0.487 e. The predicted molar refractivity (Wildman–Crippen MR) is 127 cm³/mol. The largest absolute Gasteiger partial charge is 0.487 e. The van der Waals surface area contributed by atoms with E-state index in [0.29, 0.717) is 17.3 Å². The molecule has 0 aromatic heterocycles. The van der Waals surface area contributed by atoms with Gasteiger partial charge in [0.1, 0.15) is 18.8 Å². The van der Waals surface area contributed by atoms with Gasteiger partial charge in [0.05, 0.1) is 6.42 Å². The summed E-state index contributed by atoms with van der Waals surface area (Å²) in [7, 11) is 0. The highest BCUT2D eigenvalue weighted by atomic mass is 32.2. The SMILES string of the molecule is O=C(O)C(=O)CC(=O)c1ccc(-c2ccc(SCC3(O)COc4ccccc4OC3)cc2)cc1. The standard InChI is InChI=1S/C26H22O7S/c27-21(13-22(28)25(29)30)19-7-5-17(6-8-19)18-9-11-20(12-10-18)34-16-26(31)14-32-23-3-1-2-4-24(23)33-15-26/h1-12,31H,13-16H2,(H,29,30). The summed E-state index contributed by atoms with van der Waals surface area (Å²) in [4.78, 5) is 34.9. The second-order valence-electron chi connectivity index (χ2n) is 7.97. The van der Waals surface area contributed by atoms with Crippen LogP contribution < -0.4 is 9.47 Å². The van der Waals surface area contributed by atoms with Gasteiger partial charge < -0.3 is 19.7 Å². The Morgan fingerprint density at radius 2 is 1.35 bits per heavy atom. The first kappa shape index (κ1) is 23.5. The van der Waals surface area contributed by atoms with Crippen LogP contribution in [0.25, 0.3) is 11.1 Å². The van der Waals surface area contributed by atoms with E-state index in [-0.39, 0.29) is 18.8 Å². The van der Waals surface area contributed by atoms with Crippen LogP contribution in [0.3, 0.4) is 0 Å². The molecule has 1 aliphatic heterocycles. The van der Waals surface area contributed by atoms with Gasteiger partial charge in [-0.3, -0.25) is 9.59 Å². The maximum absolute atomic E-state index is 12.0. The molecule has 0 saturated heterocycles. The molecule has 2 N–H and O–H groups in total. The number of carboxylic acid groups (broad SMARTS) is 1. The van der Waals surface area contributed by atoms with Crippen molar-refractivity contribution in [2.24, 2.45) is 0 Å². The highest BCUT2D eigenvalue weighted by molar-refractivity contribution is 7.99. The molecular formula is C26H22O7S. The van der Waals surface area contributed by atoms with Crippen molar-refractivity contribution in [3.8, 4) is 22.6 Å². The fourth-order valence-corrected chi connectivity index (χ4v) is 4.30. The number of thioether (sulfide) groups is 1. The Kier molecular flexibility index (Phi) is 7.00. The number of carboxylic acids is 1. The number of Topliss-reactive ketones (excluding diaryl/α,β-unsaturated/α-hetero) is 2. The third-order valence-electron chi connectivity index (χ3n) is 5.30. The van der Waals surface area contributed by atoms with Gasteiger partial charge in [0.25, 0.3) is 0 Å². The summed E-state index contributed by atoms with van der Waals surface area (Å²) < 4.78 is 11.5. The molecule has 0 amide bonds. The number of carbonyl (C=O) groups excluding carboxylic acids is 2. The number of hydrogen-bond acceptors (Lipinski definition) is 7. The molecule has 174 valence electrons. The van der Waals surface area contributed by atoms with Crippen molar-refractivity contribution in [3.05, 3.63) is 78.4 Å². The van der Waals surface area contributed by atoms with Crippen molar-refractivity contribution in [2.45, 2.75) is 16.9 Å². The number of ketones is 2. The van der Waals surface area contributed by atoms with Gasteiger partial charge in [-0.05, 0) is 35.4 Å². The maximum Gasteiger partial charge on any atom is 0.372 e. The Bertz CT molecular complexity index is 1180. The molecule has 0 atom stereocenters. The van der Waals surface area contributed by atoms with Crippen LogP contribution >= 0.6 is 11.8 Å². The lowest BCUT2D eigenvalue weighted by Crippen LogP contribution is -2.43. The summed E-state index contributed by atoms with van der Waals surface area (Å²) in [5.41, 5.74) is 0.959. The molecular weight excluding hydrogens is 456 g/mol. The fraction of sp³-hybridized carbons (Fsp3) is 0.192. The molecule has 3 aromatic rings. The van der Waals surface area contributed by atoms with Crippen LogP contribution in [-0.4, -0.2) is 52.3 Å². The number of ether oxygens (including phenoxy) is 2. The van der Waals surface area contributed by atoms with E-state index in [1.54, 1.807) is 24.3 Å². The molecule has 4 rings (SSSR count). The summed E-state index contributed by atoms with van der Waals surface area (Å²) in [5.74, 6) is -1.63. The van der Waals surface area contributed by atoms with Crippen molar-refractivity contribution >= 4 is 29.3 Å². The lowest BCUT2D eigenvalue weighted by atomic mass is 10.0. The summed E-state index contributed by atoms with van der Waals surface area (Å²) in [5, 5.41) is 19.6. The van der Waals surface area contributed by atoms with Crippen LogP contribution in [0.4, 0.5) is 0 Å². The van der Waals surface area contributed by atoms with Gasteiger partial charge in [-0.25, -0.2) is 4.79 Å². The summed E-state index contributed by atoms with van der Waals surface area (Å²) in [6.45, 7) is 0.274. The Morgan fingerprint density at radius 3 is 1.88 bits per heavy atom. The monoisotopic (exact) mass is 478 g/mol. The van der Waals surface area contributed by atoms with Gasteiger partial charge >= 0.3 is 5.97 Å². The molecule has 0 spiro atoms. The average Bonchev–Trinajstić information content (AvgIpc) is 3.03. The van der Waals surface area contributed by atoms with E-state index >= 15 is 0 Å². The molecule has 7 nitrogen and oxygen atoms in total. The van der Waals surface area contributed by atoms with Gasteiger partial charge in [-0.15, -0.1) is 11.8 Å². The van der Waals surface area contributed by atoms with Crippen LogP contribution in [0.2, 0.25) is 0 Å². The van der Waals surface area contributed by atoms with E-state index in [4.69, 9.17) is 14.6 Å². The topological polar surface area (TPSA) is 110 Å². The Hall–Kier alpha value is -3.62. The molecule has 0 radical (unpaired) electrons. The van der Waals surface area contributed by atoms with Crippen molar-refractivity contribution in [1.29, 1.82) is 0 Å². The normalized spacial score (nSPS) is 14.1. The highest BCUT2D eigenvalue weighted by Crippen LogP contribution is 2.33. The second-order valence-corrected chi connectivity index (χ2v) is 9.02. The summed E-state index contributed by atoms with van der Waals surface area (Å²) in [6.07, 6.45) is -0.658. The molecule has 3 aromatic carbocycles. The van der Waals surface area contributed by atoms with E-state index in [1.807, 2.05) is 48.5 Å². The number of aliphatic carboxylic acids is 1. The number of aliphatic hydroxyl groups is 1. The summed E-state index contributed by atoms with van der Waals surface area (Å²) in [6, 6.07) is 21.8.